The number of ether oxygens (including phenoxy) is 1. The Kier molecular flexibility index (Phi) is 3.99. The third-order valence-electron chi connectivity index (χ3n) is 2.24. The van der Waals surface area contributed by atoms with E-state index in [1.54, 1.807) is 0 Å². The lowest BCUT2D eigenvalue weighted by atomic mass is 10.0. The molecule has 1 aromatic heterocycles. The first-order chi connectivity index (χ1) is 6.81. The van der Waals surface area contributed by atoms with Crippen molar-refractivity contribution in [1.29, 1.82) is 0 Å². The summed E-state index contributed by atoms with van der Waals surface area (Å²) in [5.41, 5.74) is 0.392. The summed E-state index contributed by atoms with van der Waals surface area (Å²) in [6.45, 7) is 1.83. The van der Waals surface area contributed by atoms with Crippen LogP contribution in [-0.2, 0) is 4.74 Å². The zero-order valence-corrected chi connectivity index (χ0v) is 9.08. The number of carbonyl (C=O) groups is 1. The number of hydrogen-bond donors (Lipinski definition) is 1. The van der Waals surface area contributed by atoms with Crippen LogP contribution in [0.1, 0.15) is 22.1 Å². The molecule has 1 N–H and O–H groups in total. The first kappa shape index (κ1) is 11.9. The maximum atomic E-state index is 11.1. The predicted octanol–water partition coefficient (Wildman–Crippen LogP) is 0.372. The molecule has 5 nitrogen and oxygen atoms in total. The van der Waals surface area contributed by atoms with Crippen molar-refractivity contribution < 1.29 is 9.53 Å². The average Bonchev–Trinajstić information content (AvgIpc) is 2.15. The van der Waals surface area contributed by atoms with Gasteiger partial charge >= 0.3 is 5.97 Å². The van der Waals surface area contributed by atoms with Crippen LogP contribution in [0.3, 0.4) is 0 Å². The summed E-state index contributed by atoms with van der Waals surface area (Å²) in [4.78, 5) is 19.3. The van der Waals surface area contributed by atoms with Gasteiger partial charge in [-0.05, 0) is 0 Å². The van der Waals surface area contributed by atoms with Gasteiger partial charge in [0, 0.05) is 31.4 Å². The highest BCUT2D eigenvalue weighted by Crippen LogP contribution is 2.14. The summed E-state index contributed by atoms with van der Waals surface area (Å²) in [6.07, 6.45) is 3.01. The average molecular weight is 230 g/mol. The molecule has 0 saturated carbocycles. The molecular weight excluding hydrogens is 218 g/mol. The Hall–Kier alpha value is -1.20. The summed E-state index contributed by atoms with van der Waals surface area (Å²) in [6, 6.07) is 0. The van der Waals surface area contributed by atoms with E-state index in [4.69, 9.17) is 0 Å². The summed E-state index contributed by atoms with van der Waals surface area (Å²) in [7, 11) is 1.34. The molecule has 1 saturated heterocycles. The molecule has 0 amide bonds. The van der Waals surface area contributed by atoms with E-state index in [9.17, 15) is 4.79 Å². The molecule has 1 aromatic rings. The van der Waals surface area contributed by atoms with Crippen LogP contribution in [0, 0.1) is 0 Å². The van der Waals surface area contributed by atoms with Crippen molar-refractivity contribution in [2.24, 2.45) is 0 Å². The van der Waals surface area contributed by atoms with Crippen LogP contribution < -0.4 is 5.32 Å². The first-order valence-corrected chi connectivity index (χ1v) is 4.42. The molecule has 0 aliphatic carbocycles. The van der Waals surface area contributed by atoms with Gasteiger partial charge in [0.15, 0.2) is 0 Å². The molecule has 1 fully saturated rings. The van der Waals surface area contributed by atoms with E-state index in [1.165, 1.54) is 19.5 Å². The van der Waals surface area contributed by atoms with Crippen molar-refractivity contribution in [3.63, 3.8) is 0 Å². The third-order valence-corrected chi connectivity index (χ3v) is 2.24. The predicted molar refractivity (Wildman–Crippen MR) is 56.2 cm³/mol. The Bertz CT molecular complexity index is 338. The molecule has 15 heavy (non-hydrogen) atoms. The maximum absolute atomic E-state index is 11.1. The van der Waals surface area contributed by atoms with E-state index >= 15 is 0 Å². The van der Waals surface area contributed by atoms with Crippen LogP contribution in [0.4, 0.5) is 0 Å². The highest BCUT2D eigenvalue weighted by molar-refractivity contribution is 5.88. The van der Waals surface area contributed by atoms with E-state index in [2.05, 4.69) is 20.0 Å². The third kappa shape index (κ3) is 2.43. The highest BCUT2D eigenvalue weighted by atomic mass is 35.5. The van der Waals surface area contributed by atoms with Gasteiger partial charge in [0.25, 0.3) is 0 Å². The number of nitrogens with one attached hydrogen (secondary N) is 1. The molecule has 2 heterocycles. The summed E-state index contributed by atoms with van der Waals surface area (Å²) < 4.78 is 4.55. The first-order valence-electron chi connectivity index (χ1n) is 4.42. The molecule has 1 aliphatic rings. The lowest BCUT2D eigenvalue weighted by Crippen LogP contribution is -2.40. The van der Waals surface area contributed by atoms with Crippen LogP contribution in [-0.4, -0.2) is 36.1 Å². The number of aromatic nitrogens is 2. The van der Waals surface area contributed by atoms with Crippen molar-refractivity contribution in [2.45, 2.75) is 5.92 Å². The number of hydrogen-bond acceptors (Lipinski definition) is 5. The summed E-state index contributed by atoms with van der Waals surface area (Å²) >= 11 is 0. The Labute approximate surface area is 93.7 Å². The monoisotopic (exact) mass is 229 g/mol. The van der Waals surface area contributed by atoms with E-state index in [-0.39, 0.29) is 12.4 Å². The van der Waals surface area contributed by atoms with Gasteiger partial charge in [-0.2, -0.15) is 0 Å². The molecule has 0 spiro atoms. The Morgan fingerprint density at radius 3 is 2.47 bits per heavy atom. The van der Waals surface area contributed by atoms with E-state index in [0.717, 1.165) is 18.9 Å². The smallest absolute Gasteiger partial charge is 0.341 e. The van der Waals surface area contributed by atoms with Gasteiger partial charge in [0.2, 0.25) is 0 Å². The second-order valence-corrected chi connectivity index (χ2v) is 3.18. The van der Waals surface area contributed by atoms with Gasteiger partial charge in [0.1, 0.15) is 5.82 Å². The van der Waals surface area contributed by atoms with Crippen molar-refractivity contribution >= 4 is 18.4 Å². The molecule has 82 valence electrons. The van der Waals surface area contributed by atoms with E-state index in [1.807, 2.05) is 0 Å². The molecule has 0 aromatic carbocycles. The van der Waals surface area contributed by atoms with Gasteiger partial charge in [-0.3, -0.25) is 0 Å². The molecular formula is C9H12ClN3O2. The minimum Gasteiger partial charge on any atom is -0.465 e. The maximum Gasteiger partial charge on any atom is 0.341 e. The Balaban J connectivity index is 0.00000112. The lowest BCUT2D eigenvalue weighted by Gasteiger charge is -2.25. The minimum absolute atomic E-state index is 0. The molecule has 0 bridgehead atoms. The fourth-order valence-electron chi connectivity index (χ4n) is 1.24. The Morgan fingerprint density at radius 1 is 1.47 bits per heavy atom. The van der Waals surface area contributed by atoms with Gasteiger partial charge in [-0.25, -0.2) is 14.8 Å². The van der Waals surface area contributed by atoms with Crippen molar-refractivity contribution in [1.82, 2.24) is 15.3 Å². The molecule has 2 rings (SSSR count). The van der Waals surface area contributed by atoms with Crippen LogP contribution in [0.25, 0.3) is 0 Å². The van der Waals surface area contributed by atoms with Crippen molar-refractivity contribution in [3.8, 4) is 0 Å². The van der Waals surface area contributed by atoms with Gasteiger partial charge in [0.05, 0.1) is 12.7 Å². The number of methoxy groups -OCH3 is 1. The zero-order valence-electron chi connectivity index (χ0n) is 8.27. The van der Waals surface area contributed by atoms with E-state index < -0.39 is 5.97 Å². The molecule has 6 heteroatoms. The molecule has 1 aliphatic heterocycles. The fourth-order valence-corrected chi connectivity index (χ4v) is 1.24. The van der Waals surface area contributed by atoms with Crippen LogP contribution in [0.5, 0.6) is 0 Å². The van der Waals surface area contributed by atoms with Gasteiger partial charge in [-0.1, -0.05) is 0 Å². The Morgan fingerprint density at radius 2 is 2.07 bits per heavy atom. The minimum atomic E-state index is -0.400. The van der Waals surface area contributed by atoms with Gasteiger partial charge in [-0.15, -0.1) is 12.4 Å². The van der Waals surface area contributed by atoms with Crippen molar-refractivity contribution in [3.05, 3.63) is 23.8 Å². The number of halogens is 1. The number of nitrogens with zero attached hydrogens (tertiary/aromatic N) is 2. The summed E-state index contributed by atoms with van der Waals surface area (Å²) in [5, 5.41) is 3.14. The highest BCUT2D eigenvalue weighted by Gasteiger charge is 2.21. The quantitative estimate of drug-likeness (QED) is 0.743. The van der Waals surface area contributed by atoms with Crippen LogP contribution >= 0.6 is 12.4 Å². The van der Waals surface area contributed by atoms with E-state index in [0.29, 0.717) is 11.5 Å². The summed E-state index contributed by atoms with van der Waals surface area (Å²) in [5.74, 6) is 0.779. The second-order valence-electron chi connectivity index (χ2n) is 3.18. The van der Waals surface area contributed by atoms with Crippen molar-refractivity contribution in [2.75, 3.05) is 20.2 Å². The number of carbonyl (C=O) groups excluding carboxylic acids is 1. The van der Waals surface area contributed by atoms with Crippen LogP contribution in [0.15, 0.2) is 12.4 Å². The standard InChI is InChI=1S/C9H11N3O2.ClH/c1-14-9(13)7-4-11-8(12-5-7)6-2-10-3-6;/h4-6,10H,2-3H2,1H3;1H. The fraction of sp³-hybridized carbons (Fsp3) is 0.444. The lowest BCUT2D eigenvalue weighted by molar-refractivity contribution is 0.0599. The molecule has 0 unspecified atom stereocenters. The molecule has 0 radical (unpaired) electrons. The SMILES string of the molecule is COC(=O)c1cnc(C2CNC2)nc1.Cl. The number of esters is 1. The number of rotatable bonds is 2. The molecule has 0 atom stereocenters. The van der Waals surface area contributed by atoms with Gasteiger partial charge < -0.3 is 10.1 Å². The topological polar surface area (TPSA) is 64.1 Å². The van der Waals surface area contributed by atoms with Crippen LogP contribution in [0.2, 0.25) is 0 Å². The normalized spacial score (nSPS) is 15.0. The largest absolute Gasteiger partial charge is 0.465 e. The second kappa shape index (κ2) is 5.04. The zero-order chi connectivity index (χ0) is 9.97.